The Balaban J connectivity index is -0.00000264. The number of hydrogen-bond donors (Lipinski definition) is 1. The lowest BCUT2D eigenvalue weighted by Crippen LogP contribution is -2.49. The summed E-state index contributed by atoms with van der Waals surface area (Å²) in [5.74, 6) is -0.655. The van der Waals surface area contributed by atoms with Crippen molar-refractivity contribution in [2.24, 2.45) is 0 Å². The molecular weight excluding hydrogens is 330 g/mol. The van der Waals surface area contributed by atoms with Gasteiger partial charge in [0.25, 0.3) is 0 Å². The number of rotatable bonds is 17. The normalized spacial score (nSPS) is 12.2. The molecule has 160 valence electrons. The molecule has 0 bridgehead atoms. The molecule has 0 aliphatic carbocycles. The fourth-order valence-corrected chi connectivity index (χ4v) is 3.37. The van der Waals surface area contributed by atoms with Crippen molar-refractivity contribution in [1.29, 1.82) is 0 Å². The van der Waals surface area contributed by atoms with Crippen molar-refractivity contribution < 1.29 is 25.3 Å². The van der Waals surface area contributed by atoms with Crippen LogP contribution in [0.15, 0.2) is 0 Å². The number of aliphatic carboxylic acids is 1. The average Bonchev–Trinajstić information content (AvgIpc) is 2.49. The van der Waals surface area contributed by atoms with Gasteiger partial charge >= 0.3 is 5.97 Å². The monoisotopic (exact) mass is 377 g/mol. The molecular formula is C21H47NO4. The minimum Gasteiger partial charge on any atom is -0.870 e. The van der Waals surface area contributed by atoms with E-state index in [1.54, 1.807) is 0 Å². The average molecular weight is 378 g/mol. The van der Waals surface area contributed by atoms with Crippen LogP contribution in [0.25, 0.3) is 0 Å². The Labute approximate surface area is 162 Å². The molecule has 0 heterocycles. The van der Waals surface area contributed by atoms with Crippen LogP contribution in [-0.4, -0.2) is 53.7 Å². The summed E-state index contributed by atoms with van der Waals surface area (Å²) in [4.78, 5) is 11.3. The number of quaternary nitrogens is 1. The highest BCUT2D eigenvalue weighted by atomic mass is 16.4. The third-order valence-corrected chi connectivity index (χ3v) is 5.05. The van der Waals surface area contributed by atoms with Crippen LogP contribution in [0.4, 0.5) is 0 Å². The predicted octanol–water partition coefficient (Wildman–Crippen LogP) is 5.02. The minimum absolute atomic E-state index is 0. The molecule has 1 atom stereocenters. The van der Waals surface area contributed by atoms with Gasteiger partial charge in [0.2, 0.25) is 0 Å². The van der Waals surface area contributed by atoms with Crippen LogP contribution in [0, 0.1) is 0 Å². The van der Waals surface area contributed by atoms with Gasteiger partial charge in [-0.05, 0) is 6.42 Å². The molecule has 0 aliphatic rings. The maximum absolute atomic E-state index is 11.3. The third-order valence-electron chi connectivity index (χ3n) is 5.05. The topological polar surface area (TPSA) is 98.8 Å². The highest BCUT2D eigenvalue weighted by molar-refractivity contribution is 5.72. The molecule has 1 unspecified atom stereocenters. The lowest BCUT2D eigenvalue weighted by molar-refractivity contribution is -0.887. The number of likely N-dealkylation sites (N-methyl/N-ethyl adjacent to an activating group) is 1. The van der Waals surface area contributed by atoms with E-state index in [9.17, 15) is 9.90 Å². The van der Waals surface area contributed by atoms with Gasteiger partial charge < -0.3 is 20.5 Å². The van der Waals surface area contributed by atoms with Gasteiger partial charge in [0.15, 0.2) is 6.04 Å². The fraction of sp³-hybridized carbons (Fsp3) is 0.952. The van der Waals surface area contributed by atoms with Crippen molar-refractivity contribution >= 4 is 5.97 Å². The zero-order valence-corrected chi connectivity index (χ0v) is 17.9. The number of carboxylic acid groups (broad SMARTS) is 1. The Morgan fingerprint density at radius 1 is 0.731 bits per heavy atom. The first-order valence-electron chi connectivity index (χ1n) is 10.4. The molecule has 4 N–H and O–H groups in total. The highest BCUT2D eigenvalue weighted by Gasteiger charge is 2.30. The van der Waals surface area contributed by atoms with Gasteiger partial charge in [0.05, 0.1) is 21.1 Å². The molecule has 0 spiro atoms. The number of nitrogens with zero attached hydrogens (tertiary/aromatic N) is 1. The molecule has 0 aromatic carbocycles. The van der Waals surface area contributed by atoms with E-state index in [4.69, 9.17) is 0 Å². The van der Waals surface area contributed by atoms with Crippen LogP contribution in [0.5, 0.6) is 0 Å². The molecule has 5 nitrogen and oxygen atoms in total. The van der Waals surface area contributed by atoms with Crippen LogP contribution in [0.3, 0.4) is 0 Å². The molecule has 0 fully saturated rings. The van der Waals surface area contributed by atoms with Gasteiger partial charge in [0.1, 0.15) is 0 Å². The minimum atomic E-state index is -0.655. The van der Waals surface area contributed by atoms with E-state index < -0.39 is 5.97 Å². The first-order chi connectivity index (χ1) is 11.4. The van der Waals surface area contributed by atoms with Crippen LogP contribution >= 0.6 is 0 Å². The highest BCUT2D eigenvalue weighted by Crippen LogP contribution is 2.16. The number of hydrogen-bond acceptors (Lipinski definition) is 2. The molecule has 0 aromatic rings. The van der Waals surface area contributed by atoms with Gasteiger partial charge in [-0.3, -0.25) is 0 Å². The Bertz CT molecular complexity index is 303. The van der Waals surface area contributed by atoms with Crippen molar-refractivity contribution in [3.8, 4) is 0 Å². The Morgan fingerprint density at radius 2 is 1.04 bits per heavy atom. The van der Waals surface area contributed by atoms with Crippen LogP contribution in [0.2, 0.25) is 0 Å². The SMILES string of the molecule is CCCCCCCCCCCCCCCCC(C(=O)O)[N+](C)(C)C.O.[OH-]. The molecule has 0 rings (SSSR count). The van der Waals surface area contributed by atoms with E-state index in [1.165, 1.54) is 83.5 Å². The summed E-state index contributed by atoms with van der Waals surface area (Å²) >= 11 is 0. The van der Waals surface area contributed by atoms with Gasteiger partial charge in [-0.25, -0.2) is 4.79 Å². The lowest BCUT2D eigenvalue weighted by Gasteiger charge is -2.31. The summed E-state index contributed by atoms with van der Waals surface area (Å²) in [5.41, 5.74) is 0. The van der Waals surface area contributed by atoms with Crippen LogP contribution in [0.1, 0.15) is 103 Å². The molecule has 0 amide bonds. The molecule has 0 saturated heterocycles. The maximum atomic E-state index is 11.3. The van der Waals surface area contributed by atoms with E-state index in [1.807, 2.05) is 21.1 Å². The summed E-state index contributed by atoms with van der Waals surface area (Å²) in [6.07, 6.45) is 19.6. The van der Waals surface area contributed by atoms with E-state index in [-0.39, 0.29) is 17.0 Å². The number of carbonyl (C=O) groups is 1. The smallest absolute Gasteiger partial charge is 0.362 e. The number of carboxylic acids is 1. The van der Waals surface area contributed by atoms with Gasteiger partial charge in [0, 0.05) is 6.42 Å². The molecule has 5 heteroatoms. The quantitative estimate of drug-likeness (QED) is 0.285. The molecule has 0 radical (unpaired) electrons. The van der Waals surface area contributed by atoms with E-state index >= 15 is 0 Å². The van der Waals surface area contributed by atoms with Crippen molar-refractivity contribution in [2.45, 2.75) is 109 Å². The summed E-state index contributed by atoms with van der Waals surface area (Å²) in [6.45, 7) is 2.27. The summed E-state index contributed by atoms with van der Waals surface area (Å²) in [7, 11) is 5.92. The summed E-state index contributed by atoms with van der Waals surface area (Å²) in [6, 6.07) is -0.262. The Morgan fingerprint density at radius 3 is 1.31 bits per heavy atom. The van der Waals surface area contributed by atoms with E-state index in [0.717, 1.165) is 12.8 Å². The first kappa shape index (κ1) is 30.1. The van der Waals surface area contributed by atoms with E-state index in [0.29, 0.717) is 4.48 Å². The van der Waals surface area contributed by atoms with Gasteiger partial charge in [-0.1, -0.05) is 90.4 Å². The van der Waals surface area contributed by atoms with Crippen molar-refractivity contribution in [1.82, 2.24) is 0 Å². The largest absolute Gasteiger partial charge is 0.870 e. The van der Waals surface area contributed by atoms with Crippen molar-refractivity contribution in [2.75, 3.05) is 21.1 Å². The van der Waals surface area contributed by atoms with Crippen molar-refractivity contribution in [3.05, 3.63) is 0 Å². The fourth-order valence-electron chi connectivity index (χ4n) is 3.37. The second-order valence-electron chi connectivity index (χ2n) is 8.36. The van der Waals surface area contributed by atoms with Gasteiger partial charge in [-0.15, -0.1) is 0 Å². The van der Waals surface area contributed by atoms with Gasteiger partial charge in [-0.2, -0.15) is 0 Å². The molecule has 0 aliphatic heterocycles. The Hall–Kier alpha value is -0.650. The number of unbranched alkanes of at least 4 members (excludes halogenated alkanes) is 13. The predicted molar refractivity (Wildman–Crippen MR) is 110 cm³/mol. The molecule has 0 saturated carbocycles. The van der Waals surface area contributed by atoms with Crippen LogP contribution < -0.4 is 0 Å². The zero-order valence-electron chi connectivity index (χ0n) is 17.9. The molecule has 26 heavy (non-hydrogen) atoms. The lowest BCUT2D eigenvalue weighted by atomic mass is 10.0. The third kappa shape index (κ3) is 18.2. The second kappa shape index (κ2) is 19.1. The maximum Gasteiger partial charge on any atom is 0.362 e. The second-order valence-corrected chi connectivity index (χ2v) is 8.36. The summed E-state index contributed by atoms with van der Waals surface area (Å²) < 4.78 is 0.522. The Kier molecular flexibility index (Phi) is 22.1. The van der Waals surface area contributed by atoms with E-state index in [2.05, 4.69) is 6.92 Å². The summed E-state index contributed by atoms with van der Waals surface area (Å²) in [5, 5.41) is 9.30. The first-order valence-corrected chi connectivity index (χ1v) is 10.4. The van der Waals surface area contributed by atoms with Crippen molar-refractivity contribution in [3.63, 3.8) is 0 Å². The van der Waals surface area contributed by atoms with Crippen LogP contribution in [-0.2, 0) is 4.79 Å². The molecule has 0 aromatic heterocycles. The standard InChI is InChI=1S/C21H43NO2.2H2O/c1-5-6-7-8-9-10-11-12-13-14-15-16-17-18-19-20(21(23)24)22(2,3)4;;/h20H,5-19H2,1-4H3;2*1H2. The zero-order chi connectivity index (χ0) is 18.3.